The minimum atomic E-state index is -1.78. The smallest absolute Gasteiger partial charge is 0.329 e. The maximum absolute atomic E-state index is 15.0. The zero-order chi connectivity index (χ0) is 59.3. The summed E-state index contributed by atoms with van der Waals surface area (Å²) in [5, 5.41) is 20.1. The lowest BCUT2D eigenvalue weighted by atomic mass is 9.91. The molecule has 0 bridgehead atoms. The number of aliphatic hydroxyl groups is 1. The first-order valence-corrected chi connectivity index (χ1v) is 27.9. The topological polar surface area (TPSA) is 285 Å². The summed E-state index contributed by atoms with van der Waals surface area (Å²) in [7, 11) is 4.26. The number of carbonyl (C=O) groups is 11. The van der Waals surface area contributed by atoms with Crippen molar-refractivity contribution in [3.63, 3.8) is 0 Å². The Labute approximate surface area is 465 Å². The number of carbonyl (C=O) groups excluding carboxylic acids is 11. The van der Waals surface area contributed by atoms with Gasteiger partial charge in [-0.1, -0.05) is 73.9 Å². The highest BCUT2D eigenvalue weighted by Crippen LogP contribution is 2.27. The van der Waals surface area contributed by atoms with Crippen molar-refractivity contribution in [3.8, 4) is 5.75 Å². The fourth-order valence-corrected chi connectivity index (χ4v) is 10.5. The molecule has 0 aromatic heterocycles. The predicted molar refractivity (Wildman–Crippen MR) is 289 cm³/mol. The number of Topliss-reactive ketones (excluding diaryl/α,β-unsaturated/α-hetero) is 2. The van der Waals surface area contributed by atoms with Gasteiger partial charge in [-0.2, -0.15) is 0 Å². The highest BCUT2D eigenvalue weighted by atomic mass is 16.6. The first-order chi connectivity index (χ1) is 37.0. The molecule has 22 nitrogen and oxygen atoms in total. The fourth-order valence-electron chi connectivity index (χ4n) is 10.5. The molecule has 3 aliphatic heterocycles. The molecule has 0 radical (unpaired) electrons. The van der Waals surface area contributed by atoms with Gasteiger partial charge in [0.1, 0.15) is 48.1 Å². The maximum atomic E-state index is 15.0. The van der Waals surface area contributed by atoms with E-state index in [2.05, 4.69) is 16.0 Å². The van der Waals surface area contributed by atoms with Crippen molar-refractivity contribution in [3.05, 3.63) is 29.8 Å². The quantitative estimate of drug-likeness (QED) is 0.112. The number of amides is 7. The van der Waals surface area contributed by atoms with E-state index in [1.807, 2.05) is 27.7 Å². The van der Waals surface area contributed by atoms with Gasteiger partial charge >= 0.3 is 11.9 Å². The Morgan fingerprint density at radius 3 is 2.06 bits per heavy atom. The van der Waals surface area contributed by atoms with E-state index in [0.29, 0.717) is 30.6 Å². The monoisotopic (exact) mass is 1110 g/mol. The molecule has 22 heteroatoms. The third-order valence-electron chi connectivity index (χ3n) is 15.4. The SMILES string of the molecule is CC[C@H](C)[C@@H]1NC(=O)[C@@H](NC(=O)[C@@H](CC(C)C)N(C)C(=O)[C@@H]2CCCN2C(=O)C(C)=O)[C@@H](C)OC(=O)[C@H](Cc2ccc(OC)cc2)N(C)C(=O)[C@@H]2CCCN2C(=O)[C@H](CC(C)C)NC(=O)[C@@H](C)C(=O)[C@H](C(C)C)OC(=O)C[C@H]1O. The number of aliphatic hydroxyl groups excluding tert-OH is 1. The van der Waals surface area contributed by atoms with Gasteiger partial charge in [0.2, 0.25) is 41.2 Å². The summed E-state index contributed by atoms with van der Waals surface area (Å²) in [6, 6.07) is -2.32. The van der Waals surface area contributed by atoms with E-state index in [4.69, 9.17) is 14.2 Å². The number of esters is 2. The lowest BCUT2D eigenvalue weighted by Gasteiger charge is -2.36. The first-order valence-electron chi connectivity index (χ1n) is 27.9. The summed E-state index contributed by atoms with van der Waals surface area (Å²) in [5.41, 5.74) is 0.566. The van der Waals surface area contributed by atoms with Crippen LogP contribution in [-0.2, 0) is 68.6 Å². The lowest BCUT2D eigenvalue weighted by Crippen LogP contribution is -2.62. The molecular weight excluding hydrogens is 1020 g/mol. The number of ether oxygens (including phenoxy) is 3. The Hall–Kier alpha value is -6.45. The van der Waals surface area contributed by atoms with Crippen molar-refractivity contribution >= 4 is 64.9 Å². The van der Waals surface area contributed by atoms with E-state index in [1.165, 1.54) is 54.7 Å². The Morgan fingerprint density at radius 2 is 1.49 bits per heavy atom. The molecule has 440 valence electrons. The van der Waals surface area contributed by atoms with E-state index in [1.54, 1.807) is 52.0 Å². The molecule has 1 aromatic carbocycles. The predicted octanol–water partition coefficient (Wildman–Crippen LogP) is 2.52. The van der Waals surface area contributed by atoms with Crippen LogP contribution in [0.4, 0.5) is 0 Å². The molecule has 3 fully saturated rings. The summed E-state index contributed by atoms with van der Waals surface area (Å²) in [5.74, 6) is -11.3. The van der Waals surface area contributed by atoms with E-state index >= 15 is 0 Å². The van der Waals surface area contributed by atoms with Gasteiger partial charge < -0.3 is 54.9 Å². The van der Waals surface area contributed by atoms with Gasteiger partial charge in [0.15, 0.2) is 11.9 Å². The molecule has 0 saturated carbocycles. The molecule has 79 heavy (non-hydrogen) atoms. The Morgan fingerprint density at radius 1 is 0.861 bits per heavy atom. The standard InChI is InChI=1S/C57H87N7O15/c1-15-33(8)46-44(66)29-45(67)79-49(32(6)7)48(68)34(9)50(69)58-39(26-30(2)3)54(73)64-25-17-19-41(64)56(75)62(13)43(28-37-20-22-38(77-14)23-21-37)57(76)78-36(11)47(52(71)59-46)60-51(70)42(27-31(4)5)61(12)55(74)40-18-16-24-63(40)53(72)35(10)65/h20-23,30-34,36,39-44,46-47,49,66H,15-19,24-29H2,1-14H3,(H,58,69)(H,59,71)(H,60,70)/t33-,34-,36+,39-,40-,41-,42+,43-,44+,46-,47-,49-/m0/s1. The van der Waals surface area contributed by atoms with Gasteiger partial charge in [-0.05, 0) is 93.7 Å². The number of likely N-dealkylation sites (tertiary alicyclic amines) is 1. The summed E-state index contributed by atoms with van der Waals surface area (Å²) >= 11 is 0. The van der Waals surface area contributed by atoms with Crippen molar-refractivity contribution in [1.29, 1.82) is 0 Å². The van der Waals surface area contributed by atoms with Crippen molar-refractivity contribution < 1.29 is 72.1 Å². The third-order valence-corrected chi connectivity index (χ3v) is 15.4. The van der Waals surface area contributed by atoms with Crippen LogP contribution in [0.3, 0.4) is 0 Å². The summed E-state index contributed by atoms with van der Waals surface area (Å²) in [6.07, 6.45) is -3.76. The van der Waals surface area contributed by atoms with Crippen molar-refractivity contribution in [1.82, 2.24) is 35.6 Å². The van der Waals surface area contributed by atoms with Crippen molar-refractivity contribution in [2.24, 2.45) is 29.6 Å². The average Bonchev–Trinajstić information content (AvgIpc) is 4.13. The van der Waals surface area contributed by atoms with Gasteiger partial charge in [0.05, 0.1) is 31.6 Å². The number of benzene rings is 1. The average molecular weight is 1110 g/mol. The number of hydrogen-bond acceptors (Lipinski definition) is 15. The third kappa shape index (κ3) is 16.8. The minimum absolute atomic E-state index is 0.0545. The molecule has 3 saturated heterocycles. The number of ketones is 2. The zero-order valence-corrected chi connectivity index (χ0v) is 48.7. The minimum Gasteiger partial charge on any atom is -0.497 e. The summed E-state index contributed by atoms with van der Waals surface area (Å²) in [6.45, 7) is 18.1. The molecular formula is C57H87N7O15. The highest BCUT2D eigenvalue weighted by molar-refractivity contribution is 6.35. The normalized spacial score (nSPS) is 27.2. The Kier molecular flexibility index (Phi) is 24.0. The van der Waals surface area contributed by atoms with Gasteiger partial charge in [-0.3, -0.25) is 47.9 Å². The molecule has 4 N–H and O–H groups in total. The van der Waals surface area contributed by atoms with Crippen molar-refractivity contribution in [2.75, 3.05) is 34.3 Å². The Bertz CT molecular complexity index is 2380. The highest BCUT2D eigenvalue weighted by Gasteiger charge is 2.46. The number of fused-ring (bicyclic) bond motifs is 1. The van der Waals surface area contributed by atoms with Crippen LogP contribution in [0.25, 0.3) is 0 Å². The van der Waals surface area contributed by atoms with Crippen LogP contribution in [0.5, 0.6) is 5.75 Å². The second kappa shape index (κ2) is 29.1. The second-order valence-electron chi connectivity index (χ2n) is 22.8. The van der Waals surface area contributed by atoms with Crippen LogP contribution in [0.15, 0.2) is 24.3 Å². The molecule has 3 aliphatic rings. The number of hydrogen-bond donors (Lipinski definition) is 4. The number of rotatable bonds is 15. The lowest BCUT2D eigenvalue weighted by molar-refractivity contribution is -0.163. The molecule has 3 heterocycles. The molecule has 4 rings (SSSR count). The molecule has 1 aromatic rings. The molecule has 0 unspecified atom stereocenters. The largest absolute Gasteiger partial charge is 0.497 e. The molecule has 12 atom stereocenters. The zero-order valence-electron chi connectivity index (χ0n) is 48.7. The van der Waals surface area contributed by atoms with Crippen LogP contribution < -0.4 is 20.7 Å². The van der Waals surface area contributed by atoms with E-state index in [0.717, 1.165) is 6.92 Å². The second-order valence-corrected chi connectivity index (χ2v) is 22.8. The number of cyclic esters (lactones) is 2. The number of nitrogens with zero attached hydrogens (tertiary/aromatic N) is 4. The van der Waals surface area contributed by atoms with E-state index in [9.17, 15) is 57.8 Å². The summed E-state index contributed by atoms with van der Waals surface area (Å²) < 4.78 is 17.2. The van der Waals surface area contributed by atoms with Gasteiger partial charge in [-0.25, -0.2) is 4.79 Å². The van der Waals surface area contributed by atoms with E-state index < -0.39 is 150 Å². The van der Waals surface area contributed by atoms with Gasteiger partial charge in [0, 0.05) is 40.5 Å². The number of methoxy groups -OCH3 is 1. The Balaban J connectivity index is 1.89. The number of likely N-dealkylation sites (N-methyl/N-ethyl adjacent to an activating group) is 2. The molecule has 0 spiro atoms. The molecule has 0 aliphatic carbocycles. The van der Waals surface area contributed by atoms with Crippen LogP contribution in [0.1, 0.15) is 133 Å². The summed E-state index contributed by atoms with van der Waals surface area (Å²) in [4.78, 5) is 160. The van der Waals surface area contributed by atoms with E-state index in [-0.39, 0.29) is 57.0 Å². The maximum Gasteiger partial charge on any atom is 0.329 e. The van der Waals surface area contributed by atoms with Crippen LogP contribution in [0, 0.1) is 29.6 Å². The van der Waals surface area contributed by atoms with Gasteiger partial charge in [0.25, 0.3) is 5.91 Å². The van der Waals surface area contributed by atoms with Crippen LogP contribution >= 0.6 is 0 Å². The number of nitrogens with one attached hydrogen (secondary N) is 3. The van der Waals surface area contributed by atoms with Crippen LogP contribution in [0.2, 0.25) is 0 Å². The van der Waals surface area contributed by atoms with Crippen molar-refractivity contribution in [2.45, 2.75) is 195 Å². The molecule has 7 amide bonds. The fraction of sp³-hybridized carbons (Fsp3) is 0.702. The van der Waals surface area contributed by atoms with Gasteiger partial charge in [-0.15, -0.1) is 0 Å². The van der Waals surface area contributed by atoms with Crippen LogP contribution in [-0.4, -0.2) is 184 Å². The first kappa shape index (κ1) is 65.1.